The van der Waals surface area contributed by atoms with E-state index < -0.39 is 11.6 Å². The van der Waals surface area contributed by atoms with Gasteiger partial charge >= 0.3 is 6.03 Å². The number of benzene rings is 1. The van der Waals surface area contributed by atoms with Crippen LogP contribution in [0.1, 0.15) is 37.8 Å². The summed E-state index contributed by atoms with van der Waals surface area (Å²) in [6.07, 6.45) is 2.49. The van der Waals surface area contributed by atoms with Crippen molar-refractivity contribution in [2.24, 2.45) is 5.92 Å². The average molecular weight is 422 g/mol. The van der Waals surface area contributed by atoms with Gasteiger partial charge in [-0.3, -0.25) is 14.5 Å². The predicted molar refractivity (Wildman–Crippen MR) is 96.5 cm³/mol. The van der Waals surface area contributed by atoms with Crippen molar-refractivity contribution in [2.75, 3.05) is 13.2 Å². The lowest BCUT2D eigenvalue weighted by Gasteiger charge is -2.27. The topological polar surface area (TPSA) is 87.7 Å². The molecular weight excluding hydrogens is 402 g/mol. The number of nitrogens with zero attached hydrogens (tertiary/aromatic N) is 1. The molecule has 0 bridgehead atoms. The van der Waals surface area contributed by atoms with Gasteiger partial charge in [0.2, 0.25) is 5.91 Å². The minimum absolute atomic E-state index is 0.173. The van der Waals surface area contributed by atoms with Crippen LogP contribution >= 0.6 is 15.9 Å². The van der Waals surface area contributed by atoms with Crippen LogP contribution in [0.15, 0.2) is 22.7 Å². The summed E-state index contributed by atoms with van der Waals surface area (Å²) < 4.78 is 6.52. The van der Waals surface area contributed by atoms with E-state index in [0.717, 1.165) is 33.5 Å². The molecule has 7 nitrogen and oxygen atoms in total. The van der Waals surface area contributed by atoms with Gasteiger partial charge < -0.3 is 15.4 Å². The number of carbonyl (C=O) groups is 3. The van der Waals surface area contributed by atoms with Gasteiger partial charge in [0.05, 0.1) is 12.6 Å². The Morgan fingerprint density at radius 1 is 1.38 bits per heavy atom. The van der Waals surface area contributed by atoms with Gasteiger partial charge in [0, 0.05) is 16.5 Å². The van der Waals surface area contributed by atoms with Gasteiger partial charge in [0.1, 0.15) is 17.8 Å². The summed E-state index contributed by atoms with van der Waals surface area (Å²) in [6.45, 7) is 1.98. The standard InChI is InChI=1S/C18H20BrN3O4/c1-18(10-2-3-10)16(24)22(17(25)21-18)9-15(23)20-13-6-7-26-14-5-4-11(19)8-12(13)14/h4-5,8,10,13H,2-3,6-7,9H2,1H3,(H,20,23)(H,21,25). The Kier molecular flexibility index (Phi) is 4.17. The Morgan fingerprint density at radius 3 is 2.88 bits per heavy atom. The Morgan fingerprint density at radius 2 is 2.15 bits per heavy atom. The number of halogens is 1. The van der Waals surface area contributed by atoms with Crippen LogP contribution in [0, 0.1) is 5.92 Å². The Labute approximate surface area is 159 Å². The fraction of sp³-hybridized carbons (Fsp3) is 0.500. The minimum Gasteiger partial charge on any atom is -0.493 e. The molecule has 1 aromatic rings. The number of imide groups is 1. The van der Waals surface area contributed by atoms with Crippen molar-refractivity contribution in [3.8, 4) is 5.75 Å². The van der Waals surface area contributed by atoms with Crippen molar-refractivity contribution in [2.45, 2.75) is 37.8 Å². The first-order valence-corrected chi connectivity index (χ1v) is 9.53. The van der Waals surface area contributed by atoms with Gasteiger partial charge in [0.15, 0.2) is 0 Å². The molecule has 8 heteroatoms. The molecule has 1 saturated carbocycles. The van der Waals surface area contributed by atoms with Crippen molar-refractivity contribution in [3.05, 3.63) is 28.2 Å². The third-order valence-electron chi connectivity index (χ3n) is 5.34. The second-order valence-electron chi connectivity index (χ2n) is 7.24. The van der Waals surface area contributed by atoms with Crippen molar-refractivity contribution in [1.29, 1.82) is 0 Å². The minimum atomic E-state index is -0.868. The average Bonchev–Trinajstić information content (AvgIpc) is 3.42. The van der Waals surface area contributed by atoms with Crippen LogP contribution in [0.4, 0.5) is 4.79 Å². The number of hydrogen-bond donors (Lipinski definition) is 2. The zero-order chi connectivity index (χ0) is 18.5. The van der Waals surface area contributed by atoms with Crippen molar-refractivity contribution >= 4 is 33.8 Å². The molecule has 138 valence electrons. The molecule has 0 radical (unpaired) electrons. The SMILES string of the molecule is CC1(C2CC2)NC(=O)N(CC(=O)NC2CCOc3ccc(Br)cc32)C1=O. The second kappa shape index (κ2) is 6.26. The normalized spacial score (nSPS) is 27.6. The lowest BCUT2D eigenvalue weighted by Crippen LogP contribution is -2.47. The zero-order valence-corrected chi connectivity index (χ0v) is 16.0. The van der Waals surface area contributed by atoms with Gasteiger partial charge in [-0.25, -0.2) is 4.79 Å². The molecule has 0 aromatic heterocycles. The molecule has 26 heavy (non-hydrogen) atoms. The van der Waals surface area contributed by atoms with E-state index in [4.69, 9.17) is 4.74 Å². The molecule has 3 aliphatic rings. The number of urea groups is 1. The molecule has 2 fully saturated rings. The fourth-order valence-electron chi connectivity index (χ4n) is 3.70. The van der Waals surface area contributed by atoms with E-state index in [1.807, 2.05) is 18.2 Å². The quantitative estimate of drug-likeness (QED) is 0.728. The third-order valence-corrected chi connectivity index (χ3v) is 5.84. The molecule has 2 heterocycles. The number of amides is 4. The van der Waals surface area contributed by atoms with Crippen LogP contribution < -0.4 is 15.4 Å². The molecule has 4 rings (SSSR count). The van der Waals surface area contributed by atoms with Gasteiger partial charge in [-0.05, 0) is 43.9 Å². The van der Waals surface area contributed by atoms with Gasteiger partial charge in [0.25, 0.3) is 5.91 Å². The summed E-state index contributed by atoms with van der Waals surface area (Å²) >= 11 is 3.43. The number of hydrogen-bond acceptors (Lipinski definition) is 4. The highest BCUT2D eigenvalue weighted by molar-refractivity contribution is 9.10. The summed E-state index contributed by atoms with van der Waals surface area (Å²) in [4.78, 5) is 38.4. The lowest BCUT2D eigenvalue weighted by molar-refractivity contribution is -0.135. The smallest absolute Gasteiger partial charge is 0.325 e. The molecule has 4 amide bonds. The monoisotopic (exact) mass is 421 g/mol. The first-order chi connectivity index (χ1) is 12.4. The Bertz CT molecular complexity index is 795. The number of ether oxygens (including phenoxy) is 1. The van der Waals surface area contributed by atoms with Crippen molar-refractivity contribution < 1.29 is 19.1 Å². The molecule has 2 unspecified atom stereocenters. The van der Waals surface area contributed by atoms with Crippen LogP contribution in [-0.2, 0) is 9.59 Å². The van der Waals surface area contributed by atoms with Crippen molar-refractivity contribution in [3.63, 3.8) is 0 Å². The molecular formula is C18H20BrN3O4. The Hall–Kier alpha value is -2.09. The molecule has 2 aliphatic heterocycles. The summed E-state index contributed by atoms with van der Waals surface area (Å²) in [5.41, 5.74) is 0.0204. The maximum atomic E-state index is 12.6. The number of carbonyl (C=O) groups excluding carboxylic acids is 3. The molecule has 1 saturated heterocycles. The Balaban J connectivity index is 1.45. The number of nitrogens with one attached hydrogen (secondary N) is 2. The zero-order valence-electron chi connectivity index (χ0n) is 14.4. The van der Waals surface area contributed by atoms with Crippen LogP contribution in [0.2, 0.25) is 0 Å². The first kappa shape index (κ1) is 17.3. The molecule has 2 N–H and O–H groups in total. The van der Waals surface area contributed by atoms with Crippen LogP contribution in [-0.4, -0.2) is 41.4 Å². The summed E-state index contributed by atoms with van der Waals surface area (Å²) in [5, 5.41) is 5.68. The van der Waals surface area contributed by atoms with E-state index in [1.54, 1.807) is 6.92 Å². The highest BCUT2D eigenvalue weighted by Gasteiger charge is 2.56. The summed E-state index contributed by atoms with van der Waals surface area (Å²) in [7, 11) is 0. The fourth-order valence-corrected chi connectivity index (χ4v) is 4.07. The van der Waals surface area contributed by atoms with E-state index >= 15 is 0 Å². The van der Waals surface area contributed by atoms with Crippen molar-refractivity contribution in [1.82, 2.24) is 15.5 Å². The van der Waals surface area contributed by atoms with Crippen LogP contribution in [0.25, 0.3) is 0 Å². The number of rotatable bonds is 4. The molecule has 0 spiro atoms. The van der Waals surface area contributed by atoms with Crippen LogP contribution in [0.5, 0.6) is 5.75 Å². The van der Waals surface area contributed by atoms with E-state index in [0.29, 0.717) is 13.0 Å². The highest BCUT2D eigenvalue weighted by Crippen LogP contribution is 2.42. The van der Waals surface area contributed by atoms with Crippen LogP contribution in [0.3, 0.4) is 0 Å². The van der Waals surface area contributed by atoms with E-state index in [2.05, 4.69) is 26.6 Å². The van der Waals surface area contributed by atoms with Gasteiger partial charge in [-0.2, -0.15) is 0 Å². The largest absolute Gasteiger partial charge is 0.493 e. The molecule has 2 atom stereocenters. The maximum Gasteiger partial charge on any atom is 0.325 e. The van der Waals surface area contributed by atoms with E-state index in [9.17, 15) is 14.4 Å². The summed E-state index contributed by atoms with van der Waals surface area (Å²) in [6, 6.07) is 4.96. The molecule has 1 aliphatic carbocycles. The predicted octanol–water partition coefficient (Wildman–Crippen LogP) is 2.11. The van der Waals surface area contributed by atoms with Gasteiger partial charge in [-0.15, -0.1) is 0 Å². The summed E-state index contributed by atoms with van der Waals surface area (Å²) in [5.74, 6) is 0.245. The molecule has 1 aromatic carbocycles. The van der Waals surface area contributed by atoms with E-state index in [-0.39, 0.29) is 30.3 Å². The second-order valence-corrected chi connectivity index (χ2v) is 8.15. The lowest BCUT2D eigenvalue weighted by atomic mass is 9.96. The maximum absolute atomic E-state index is 12.6. The van der Waals surface area contributed by atoms with E-state index in [1.165, 1.54) is 0 Å². The first-order valence-electron chi connectivity index (χ1n) is 8.74. The van der Waals surface area contributed by atoms with Gasteiger partial charge in [-0.1, -0.05) is 15.9 Å². The third kappa shape index (κ3) is 2.96. The number of fused-ring (bicyclic) bond motifs is 1. The highest BCUT2D eigenvalue weighted by atomic mass is 79.9.